The van der Waals surface area contributed by atoms with Crippen LogP contribution in [0.3, 0.4) is 0 Å². The Labute approximate surface area is 111 Å². The van der Waals surface area contributed by atoms with Gasteiger partial charge in [-0.3, -0.25) is 4.90 Å². The second kappa shape index (κ2) is 5.27. The monoisotopic (exact) mass is 241 g/mol. The number of allylic oxidation sites excluding steroid dienone is 1. The zero-order chi connectivity index (χ0) is 12.4. The Hall–Kier alpha value is -1.08. The van der Waals surface area contributed by atoms with Crippen molar-refractivity contribution >= 4 is 0 Å². The van der Waals surface area contributed by atoms with Crippen LogP contribution < -0.4 is 0 Å². The van der Waals surface area contributed by atoms with Crippen LogP contribution in [0.25, 0.3) is 0 Å². The SMILES string of the molecule is C[C@@H](c1ccccc1)N1CCCC2=CCCCC21. The highest BCUT2D eigenvalue weighted by molar-refractivity contribution is 5.22. The smallest absolute Gasteiger partial charge is 0.0325 e. The lowest BCUT2D eigenvalue weighted by Gasteiger charge is -2.43. The van der Waals surface area contributed by atoms with Gasteiger partial charge in [-0.15, -0.1) is 0 Å². The molecule has 1 heteroatoms. The molecule has 1 aliphatic carbocycles. The number of fused-ring (bicyclic) bond motifs is 1. The van der Waals surface area contributed by atoms with Crippen LogP contribution in [-0.2, 0) is 0 Å². The molecular formula is C17H23N. The molecule has 1 aromatic rings. The predicted molar refractivity (Wildman–Crippen MR) is 76.5 cm³/mol. The minimum Gasteiger partial charge on any atom is -0.290 e. The fourth-order valence-electron chi connectivity index (χ4n) is 3.58. The van der Waals surface area contributed by atoms with E-state index in [4.69, 9.17) is 0 Å². The highest BCUT2D eigenvalue weighted by atomic mass is 15.2. The van der Waals surface area contributed by atoms with Gasteiger partial charge in [-0.1, -0.05) is 42.0 Å². The molecule has 3 rings (SSSR count). The van der Waals surface area contributed by atoms with E-state index < -0.39 is 0 Å². The Balaban J connectivity index is 1.82. The van der Waals surface area contributed by atoms with Gasteiger partial charge >= 0.3 is 0 Å². The molecule has 18 heavy (non-hydrogen) atoms. The zero-order valence-corrected chi connectivity index (χ0v) is 11.3. The molecule has 0 radical (unpaired) electrons. The molecule has 2 atom stereocenters. The van der Waals surface area contributed by atoms with Gasteiger partial charge in [-0.05, 0) is 51.1 Å². The maximum Gasteiger partial charge on any atom is 0.0325 e. The molecule has 0 N–H and O–H groups in total. The van der Waals surface area contributed by atoms with Gasteiger partial charge in [0.05, 0.1) is 0 Å². The minimum atomic E-state index is 0.554. The number of hydrogen-bond donors (Lipinski definition) is 0. The summed E-state index contributed by atoms with van der Waals surface area (Å²) >= 11 is 0. The average molecular weight is 241 g/mol. The normalized spacial score (nSPS) is 26.3. The van der Waals surface area contributed by atoms with Crippen molar-refractivity contribution in [3.8, 4) is 0 Å². The summed E-state index contributed by atoms with van der Waals surface area (Å²) in [5.74, 6) is 0. The molecule has 1 aliphatic heterocycles. The molecule has 1 heterocycles. The number of benzene rings is 1. The van der Waals surface area contributed by atoms with E-state index in [9.17, 15) is 0 Å². The first-order valence-corrected chi connectivity index (χ1v) is 7.36. The minimum absolute atomic E-state index is 0.554. The lowest BCUT2D eigenvalue weighted by Crippen LogP contribution is -2.43. The molecule has 0 aromatic heterocycles. The molecule has 0 bridgehead atoms. The summed E-state index contributed by atoms with van der Waals surface area (Å²) in [5.41, 5.74) is 3.18. The number of likely N-dealkylation sites (tertiary alicyclic amines) is 1. The Morgan fingerprint density at radius 2 is 2.00 bits per heavy atom. The van der Waals surface area contributed by atoms with Crippen LogP contribution in [0.2, 0.25) is 0 Å². The zero-order valence-electron chi connectivity index (χ0n) is 11.3. The van der Waals surface area contributed by atoms with Crippen molar-refractivity contribution in [3.63, 3.8) is 0 Å². The first kappa shape index (κ1) is 12.0. The molecule has 0 saturated carbocycles. The summed E-state index contributed by atoms with van der Waals surface area (Å²) in [6.07, 6.45) is 9.22. The second-order valence-corrected chi connectivity index (χ2v) is 5.65. The third kappa shape index (κ3) is 2.24. The fourth-order valence-corrected chi connectivity index (χ4v) is 3.58. The van der Waals surface area contributed by atoms with Crippen LogP contribution in [0.1, 0.15) is 50.6 Å². The maximum absolute atomic E-state index is 2.73. The quantitative estimate of drug-likeness (QED) is 0.697. The van der Waals surface area contributed by atoms with E-state index in [0.29, 0.717) is 6.04 Å². The standard InChI is InChI=1S/C17H23N/c1-14(15-8-3-2-4-9-15)18-13-7-11-16-10-5-6-12-17(16)18/h2-4,8-10,14,17H,5-7,11-13H2,1H3/t14-,17?/m0/s1. The molecule has 2 aliphatic rings. The van der Waals surface area contributed by atoms with Gasteiger partial charge in [0.25, 0.3) is 0 Å². The number of nitrogens with zero attached hydrogens (tertiary/aromatic N) is 1. The van der Waals surface area contributed by atoms with Gasteiger partial charge in [-0.2, -0.15) is 0 Å². The van der Waals surface area contributed by atoms with Crippen LogP contribution in [-0.4, -0.2) is 17.5 Å². The molecule has 0 amide bonds. The number of piperidine rings is 1. The summed E-state index contributed by atoms with van der Waals surface area (Å²) in [7, 11) is 0. The van der Waals surface area contributed by atoms with Crippen molar-refractivity contribution in [3.05, 3.63) is 47.5 Å². The second-order valence-electron chi connectivity index (χ2n) is 5.65. The van der Waals surface area contributed by atoms with Gasteiger partial charge < -0.3 is 0 Å². The van der Waals surface area contributed by atoms with E-state index in [2.05, 4.69) is 48.2 Å². The van der Waals surface area contributed by atoms with Crippen molar-refractivity contribution in [2.45, 2.75) is 51.1 Å². The molecule has 96 valence electrons. The van der Waals surface area contributed by atoms with Crippen LogP contribution in [0.15, 0.2) is 42.0 Å². The van der Waals surface area contributed by atoms with Crippen molar-refractivity contribution in [2.75, 3.05) is 6.54 Å². The van der Waals surface area contributed by atoms with Gasteiger partial charge in [0.15, 0.2) is 0 Å². The third-order valence-corrected chi connectivity index (χ3v) is 4.58. The van der Waals surface area contributed by atoms with E-state index in [1.54, 1.807) is 5.57 Å². The molecule has 1 unspecified atom stereocenters. The van der Waals surface area contributed by atoms with E-state index in [1.165, 1.54) is 44.2 Å². The summed E-state index contributed by atoms with van der Waals surface area (Å²) in [5, 5.41) is 0. The Morgan fingerprint density at radius 3 is 2.83 bits per heavy atom. The van der Waals surface area contributed by atoms with E-state index in [1.807, 2.05) is 0 Å². The summed E-state index contributed by atoms with van der Waals surface area (Å²) in [4.78, 5) is 2.73. The van der Waals surface area contributed by atoms with E-state index in [-0.39, 0.29) is 0 Å². The average Bonchev–Trinajstić information content (AvgIpc) is 2.47. The van der Waals surface area contributed by atoms with Crippen LogP contribution in [0.4, 0.5) is 0 Å². The van der Waals surface area contributed by atoms with Crippen LogP contribution in [0.5, 0.6) is 0 Å². The van der Waals surface area contributed by atoms with Gasteiger partial charge in [-0.25, -0.2) is 0 Å². The van der Waals surface area contributed by atoms with Crippen molar-refractivity contribution in [2.24, 2.45) is 0 Å². The largest absolute Gasteiger partial charge is 0.290 e. The predicted octanol–water partition coefficient (Wildman–Crippen LogP) is 4.32. The van der Waals surface area contributed by atoms with Crippen molar-refractivity contribution in [1.29, 1.82) is 0 Å². The van der Waals surface area contributed by atoms with Crippen LogP contribution >= 0.6 is 0 Å². The fraction of sp³-hybridized carbons (Fsp3) is 0.529. The molecule has 1 fully saturated rings. The van der Waals surface area contributed by atoms with Crippen LogP contribution in [0, 0.1) is 0 Å². The Bertz CT molecular complexity index is 420. The summed E-state index contributed by atoms with van der Waals surface area (Å²) in [6, 6.07) is 12.2. The first-order chi connectivity index (χ1) is 8.86. The first-order valence-electron chi connectivity index (χ1n) is 7.36. The highest BCUT2D eigenvalue weighted by Gasteiger charge is 2.31. The van der Waals surface area contributed by atoms with Crippen molar-refractivity contribution in [1.82, 2.24) is 4.90 Å². The summed E-state index contributed by atoms with van der Waals surface area (Å²) < 4.78 is 0. The third-order valence-electron chi connectivity index (χ3n) is 4.58. The van der Waals surface area contributed by atoms with E-state index >= 15 is 0 Å². The topological polar surface area (TPSA) is 3.24 Å². The highest BCUT2D eigenvalue weighted by Crippen LogP contribution is 2.36. The number of hydrogen-bond acceptors (Lipinski definition) is 1. The molecule has 0 spiro atoms. The Kier molecular flexibility index (Phi) is 3.51. The van der Waals surface area contributed by atoms with E-state index in [0.717, 1.165) is 6.04 Å². The lowest BCUT2D eigenvalue weighted by atomic mass is 9.85. The molecule has 1 aromatic carbocycles. The lowest BCUT2D eigenvalue weighted by molar-refractivity contribution is 0.127. The maximum atomic E-state index is 2.73. The molecule has 1 saturated heterocycles. The molecular weight excluding hydrogens is 218 g/mol. The number of rotatable bonds is 2. The van der Waals surface area contributed by atoms with Gasteiger partial charge in [0.2, 0.25) is 0 Å². The van der Waals surface area contributed by atoms with Gasteiger partial charge in [0, 0.05) is 12.1 Å². The summed E-state index contributed by atoms with van der Waals surface area (Å²) in [6.45, 7) is 3.63. The Morgan fingerprint density at radius 1 is 1.17 bits per heavy atom. The van der Waals surface area contributed by atoms with Gasteiger partial charge in [0.1, 0.15) is 0 Å². The molecule has 1 nitrogen and oxygen atoms in total. The van der Waals surface area contributed by atoms with Crippen molar-refractivity contribution < 1.29 is 0 Å².